The molecule has 0 saturated carbocycles. The van der Waals surface area contributed by atoms with Crippen LogP contribution in [0.4, 0.5) is 4.39 Å². The lowest BCUT2D eigenvalue weighted by atomic mass is 10.2. The molecule has 0 bridgehead atoms. The van der Waals surface area contributed by atoms with Gasteiger partial charge in [-0.15, -0.1) is 0 Å². The number of hydrogen-bond acceptors (Lipinski definition) is 2. The van der Waals surface area contributed by atoms with E-state index in [1.807, 2.05) is 0 Å². The Morgan fingerprint density at radius 3 is 2.75 bits per heavy atom. The second-order valence-corrected chi connectivity index (χ2v) is 5.81. The molecule has 0 heterocycles. The van der Waals surface area contributed by atoms with Gasteiger partial charge in [0.05, 0.1) is 10.6 Å². The molecule has 2 aromatic rings. The first-order valence-corrected chi connectivity index (χ1v) is 7.21. The summed E-state index contributed by atoms with van der Waals surface area (Å²) in [7, 11) is 0. The van der Waals surface area contributed by atoms with Crippen LogP contribution in [0.1, 0.15) is 11.1 Å². The summed E-state index contributed by atoms with van der Waals surface area (Å²) in [4.78, 5) is 0.158. The van der Waals surface area contributed by atoms with Crippen LogP contribution in [0.2, 0.25) is 5.02 Å². The molecule has 0 aromatic heterocycles. The number of benzene rings is 2. The number of ether oxygens (including phenoxy) is 1. The van der Waals surface area contributed by atoms with Crippen molar-refractivity contribution in [2.24, 2.45) is 5.73 Å². The van der Waals surface area contributed by atoms with Crippen molar-refractivity contribution >= 4 is 44.7 Å². The van der Waals surface area contributed by atoms with Crippen LogP contribution in [0.25, 0.3) is 0 Å². The highest BCUT2D eigenvalue weighted by Gasteiger charge is 2.11. The molecular formula is C14H10BrClFNOS. The van der Waals surface area contributed by atoms with Crippen molar-refractivity contribution in [2.45, 2.75) is 6.61 Å². The van der Waals surface area contributed by atoms with Crippen molar-refractivity contribution in [3.63, 3.8) is 0 Å². The first-order valence-electron chi connectivity index (χ1n) is 5.63. The first kappa shape index (κ1) is 15.2. The lowest BCUT2D eigenvalue weighted by Crippen LogP contribution is -2.12. The van der Waals surface area contributed by atoms with E-state index in [9.17, 15) is 4.39 Å². The van der Waals surface area contributed by atoms with E-state index in [0.29, 0.717) is 26.4 Å². The van der Waals surface area contributed by atoms with Crippen molar-refractivity contribution in [3.05, 3.63) is 62.8 Å². The molecule has 0 unspecified atom stereocenters. The Bertz CT molecular complexity index is 645. The first-order chi connectivity index (χ1) is 9.47. The molecule has 0 aliphatic rings. The zero-order chi connectivity index (χ0) is 14.7. The van der Waals surface area contributed by atoms with Crippen molar-refractivity contribution in [2.75, 3.05) is 0 Å². The standard InChI is InChI=1S/C14H10BrClFNOS/c15-9-4-8(5-10(17)6-9)7-19-12-3-1-2-11(16)13(12)14(18)20/h1-6H,7H2,(H2,18,20). The molecule has 0 aliphatic carbocycles. The second-order valence-electron chi connectivity index (χ2n) is 4.04. The van der Waals surface area contributed by atoms with Gasteiger partial charge in [-0.05, 0) is 35.9 Å². The van der Waals surface area contributed by atoms with E-state index in [4.69, 9.17) is 34.3 Å². The third-order valence-electron chi connectivity index (χ3n) is 2.54. The molecule has 104 valence electrons. The van der Waals surface area contributed by atoms with Gasteiger partial charge in [0.15, 0.2) is 0 Å². The van der Waals surface area contributed by atoms with Crippen LogP contribution in [-0.2, 0) is 6.61 Å². The summed E-state index contributed by atoms with van der Waals surface area (Å²) in [5.41, 5.74) is 6.80. The third-order valence-corrected chi connectivity index (χ3v) is 3.52. The monoisotopic (exact) mass is 373 g/mol. The highest BCUT2D eigenvalue weighted by Crippen LogP contribution is 2.27. The van der Waals surface area contributed by atoms with Gasteiger partial charge < -0.3 is 10.5 Å². The average molecular weight is 375 g/mol. The minimum atomic E-state index is -0.335. The van der Waals surface area contributed by atoms with E-state index in [0.717, 1.165) is 0 Å². The molecule has 0 amide bonds. The van der Waals surface area contributed by atoms with Crippen LogP contribution >= 0.6 is 39.7 Å². The van der Waals surface area contributed by atoms with Gasteiger partial charge in [0.2, 0.25) is 0 Å². The minimum Gasteiger partial charge on any atom is -0.488 e. The molecule has 0 fully saturated rings. The number of rotatable bonds is 4. The second kappa shape index (κ2) is 6.52. The summed E-state index contributed by atoms with van der Waals surface area (Å²) in [6.07, 6.45) is 0. The fourth-order valence-corrected chi connectivity index (χ4v) is 2.77. The van der Waals surface area contributed by atoms with E-state index in [-0.39, 0.29) is 17.4 Å². The summed E-state index contributed by atoms with van der Waals surface area (Å²) in [6.45, 7) is 0.187. The van der Waals surface area contributed by atoms with Gasteiger partial charge in [-0.3, -0.25) is 0 Å². The van der Waals surface area contributed by atoms with Gasteiger partial charge in [-0.1, -0.05) is 45.8 Å². The predicted octanol–water partition coefficient (Wildman–Crippen LogP) is 4.45. The SMILES string of the molecule is NC(=S)c1c(Cl)cccc1OCc1cc(F)cc(Br)c1. The Kier molecular flexibility index (Phi) is 4.96. The molecule has 0 saturated heterocycles. The molecule has 0 spiro atoms. The average Bonchev–Trinajstić information content (AvgIpc) is 2.34. The zero-order valence-corrected chi connectivity index (χ0v) is 13.4. The molecule has 0 radical (unpaired) electrons. The third kappa shape index (κ3) is 3.69. The van der Waals surface area contributed by atoms with Crippen molar-refractivity contribution in [1.82, 2.24) is 0 Å². The summed E-state index contributed by atoms with van der Waals surface area (Å²) in [6, 6.07) is 9.68. The van der Waals surface area contributed by atoms with E-state index >= 15 is 0 Å². The van der Waals surface area contributed by atoms with Crippen LogP contribution in [0.3, 0.4) is 0 Å². The summed E-state index contributed by atoms with van der Waals surface area (Å²) < 4.78 is 19.6. The lowest BCUT2D eigenvalue weighted by molar-refractivity contribution is 0.305. The number of halogens is 3. The maximum atomic E-state index is 13.3. The number of hydrogen-bond donors (Lipinski definition) is 1. The van der Waals surface area contributed by atoms with Crippen LogP contribution < -0.4 is 10.5 Å². The quantitative estimate of drug-likeness (QED) is 0.803. The van der Waals surface area contributed by atoms with Crippen LogP contribution in [0.5, 0.6) is 5.75 Å². The summed E-state index contributed by atoms with van der Waals surface area (Å²) >= 11 is 14.2. The molecule has 20 heavy (non-hydrogen) atoms. The predicted molar refractivity (Wildman–Crippen MR) is 85.8 cm³/mol. The van der Waals surface area contributed by atoms with Gasteiger partial charge in [0.25, 0.3) is 0 Å². The molecular weight excluding hydrogens is 365 g/mol. The minimum absolute atomic E-state index is 0.158. The maximum absolute atomic E-state index is 13.3. The van der Waals surface area contributed by atoms with Gasteiger partial charge in [-0.2, -0.15) is 0 Å². The van der Waals surface area contributed by atoms with Crippen LogP contribution in [0, 0.1) is 5.82 Å². The Balaban J connectivity index is 2.23. The van der Waals surface area contributed by atoms with Crippen LogP contribution in [0.15, 0.2) is 40.9 Å². The highest BCUT2D eigenvalue weighted by molar-refractivity contribution is 9.10. The Labute approximate surface area is 134 Å². The molecule has 2 nitrogen and oxygen atoms in total. The van der Waals surface area contributed by atoms with Crippen molar-refractivity contribution in [1.29, 1.82) is 0 Å². The fraction of sp³-hybridized carbons (Fsp3) is 0.0714. The van der Waals surface area contributed by atoms with E-state index < -0.39 is 0 Å². The van der Waals surface area contributed by atoms with Crippen molar-refractivity contribution < 1.29 is 9.13 Å². The van der Waals surface area contributed by atoms with E-state index in [1.165, 1.54) is 12.1 Å². The fourth-order valence-electron chi connectivity index (χ4n) is 1.72. The van der Waals surface area contributed by atoms with E-state index in [2.05, 4.69) is 15.9 Å². The zero-order valence-electron chi connectivity index (χ0n) is 10.2. The van der Waals surface area contributed by atoms with Gasteiger partial charge in [-0.25, -0.2) is 4.39 Å². The van der Waals surface area contributed by atoms with Gasteiger partial charge >= 0.3 is 0 Å². The molecule has 0 atom stereocenters. The molecule has 6 heteroatoms. The van der Waals surface area contributed by atoms with Crippen LogP contribution in [-0.4, -0.2) is 4.99 Å². The molecule has 2 N–H and O–H groups in total. The lowest BCUT2D eigenvalue weighted by Gasteiger charge is -2.12. The number of thiocarbonyl (C=S) groups is 1. The Hall–Kier alpha value is -1.17. The molecule has 2 aromatic carbocycles. The number of nitrogens with two attached hydrogens (primary N) is 1. The highest BCUT2D eigenvalue weighted by atomic mass is 79.9. The Morgan fingerprint density at radius 2 is 2.10 bits per heavy atom. The topological polar surface area (TPSA) is 35.2 Å². The summed E-state index contributed by atoms with van der Waals surface area (Å²) in [5.74, 6) is 0.143. The maximum Gasteiger partial charge on any atom is 0.131 e. The smallest absolute Gasteiger partial charge is 0.131 e. The van der Waals surface area contributed by atoms with Gasteiger partial charge in [0.1, 0.15) is 23.2 Å². The molecule has 2 rings (SSSR count). The molecule has 0 aliphatic heterocycles. The van der Waals surface area contributed by atoms with Crippen molar-refractivity contribution in [3.8, 4) is 5.75 Å². The largest absolute Gasteiger partial charge is 0.488 e. The van der Waals surface area contributed by atoms with E-state index in [1.54, 1.807) is 24.3 Å². The Morgan fingerprint density at radius 1 is 1.35 bits per heavy atom. The normalized spacial score (nSPS) is 10.3. The summed E-state index contributed by atoms with van der Waals surface area (Å²) in [5, 5.41) is 0.426. The van der Waals surface area contributed by atoms with Gasteiger partial charge in [0, 0.05) is 4.47 Å².